The fourth-order valence-electron chi connectivity index (χ4n) is 2.08. The molecule has 2 N–H and O–H groups in total. The molecule has 0 aromatic heterocycles. The summed E-state index contributed by atoms with van der Waals surface area (Å²) in [6.45, 7) is 4.29. The first kappa shape index (κ1) is 15.2. The molecule has 0 spiro atoms. The predicted octanol–water partition coefficient (Wildman–Crippen LogP) is 3.68. The molecule has 1 atom stereocenters. The van der Waals surface area contributed by atoms with Gasteiger partial charge in [-0.05, 0) is 37.6 Å². The summed E-state index contributed by atoms with van der Waals surface area (Å²) < 4.78 is 13.7. The van der Waals surface area contributed by atoms with Gasteiger partial charge in [0.1, 0.15) is 5.82 Å². The molecule has 0 unspecified atom stereocenters. The van der Waals surface area contributed by atoms with Crippen LogP contribution in [0.1, 0.15) is 40.0 Å². The van der Waals surface area contributed by atoms with Crippen LogP contribution in [0.5, 0.6) is 0 Å². The molecule has 0 bridgehead atoms. The summed E-state index contributed by atoms with van der Waals surface area (Å²) in [5.41, 5.74) is 2.74. The maximum absolute atomic E-state index is 13.7. The Bertz CT molecular complexity index is 638. The van der Waals surface area contributed by atoms with Crippen LogP contribution in [0.15, 0.2) is 42.5 Å². The minimum absolute atomic E-state index is 0.0542. The van der Waals surface area contributed by atoms with Crippen molar-refractivity contribution in [2.75, 3.05) is 0 Å². The monoisotopic (exact) mass is 287 g/mol. The largest absolute Gasteiger partial charge is 0.478 e. The number of carbonyl (C=O) groups is 1. The fourth-order valence-corrected chi connectivity index (χ4v) is 2.08. The Hall–Kier alpha value is -2.20. The summed E-state index contributed by atoms with van der Waals surface area (Å²) >= 11 is 0. The fraction of sp³-hybridized carbons (Fsp3) is 0.235. The van der Waals surface area contributed by atoms with E-state index in [-0.39, 0.29) is 18.2 Å². The lowest BCUT2D eigenvalue weighted by atomic mass is 10.1. The number of aryl methyl sites for hydroxylation is 1. The highest BCUT2D eigenvalue weighted by atomic mass is 19.1. The topological polar surface area (TPSA) is 49.3 Å². The molecule has 0 aliphatic heterocycles. The number of carboxylic acid groups (broad SMARTS) is 1. The van der Waals surface area contributed by atoms with Crippen LogP contribution in [-0.2, 0) is 6.54 Å². The molecule has 2 aromatic carbocycles. The number of benzene rings is 2. The molecule has 0 heterocycles. The van der Waals surface area contributed by atoms with Gasteiger partial charge in [0.05, 0.1) is 5.56 Å². The second kappa shape index (κ2) is 6.50. The molecule has 2 aromatic rings. The van der Waals surface area contributed by atoms with Crippen LogP contribution in [0, 0.1) is 12.7 Å². The van der Waals surface area contributed by atoms with E-state index in [9.17, 15) is 9.18 Å². The highest BCUT2D eigenvalue weighted by Gasteiger charge is 2.10. The minimum atomic E-state index is -1.05. The SMILES string of the molecule is Cc1ccc([C@H](C)NCc2cc(C(=O)O)ccc2F)cc1. The second-order valence-corrected chi connectivity index (χ2v) is 5.12. The van der Waals surface area contributed by atoms with Gasteiger partial charge in [-0.3, -0.25) is 0 Å². The third-order valence-electron chi connectivity index (χ3n) is 3.47. The highest BCUT2D eigenvalue weighted by Crippen LogP contribution is 2.16. The van der Waals surface area contributed by atoms with Gasteiger partial charge in [0, 0.05) is 18.2 Å². The summed E-state index contributed by atoms with van der Waals surface area (Å²) in [7, 11) is 0. The van der Waals surface area contributed by atoms with Gasteiger partial charge in [0.25, 0.3) is 0 Å². The highest BCUT2D eigenvalue weighted by molar-refractivity contribution is 5.87. The van der Waals surface area contributed by atoms with Crippen molar-refractivity contribution in [2.45, 2.75) is 26.4 Å². The first-order valence-corrected chi connectivity index (χ1v) is 6.79. The summed E-state index contributed by atoms with van der Waals surface area (Å²) in [6.07, 6.45) is 0. The lowest BCUT2D eigenvalue weighted by molar-refractivity contribution is 0.0696. The van der Waals surface area contributed by atoms with Crippen LogP contribution in [0.4, 0.5) is 4.39 Å². The van der Waals surface area contributed by atoms with Crippen LogP contribution >= 0.6 is 0 Å². The molecule has 21 heavy (non-hydrogen) atoms. The molecule has 0 radical (unpaired) electrons. The predicted molar refractivity (Wildman–Crippen MR) is 79.8 cm³/mol. The molecule has 3 nitrogen and oxygen atoms in total. The zero-order valence-electron chi connectivity index (χ0n) is 12.1. The van der Waals surface area contributed by atoms with Crippen molar-refractivity contribution in [3.63, 3.8) is 0 Å². The molecular weight excluding hydrogens is 269 g/mol. The van der Waals surface area contributed by atoms with Crippen LogP contribution in [0.25, 0.3) is 0 Å². The van der Waals surface area contributed by atoms with Crippen molar-refractivity contribution < 1.29 is 14.3 Å². The summed E-state index contributed by atoms with van der Waals surface area (Å²) in [5.74, 6) is -1.45. The second-order valence-electron chi connectivity index (χ2n) is 5.12. The number of hydrogen-bond donors (Lipinski definition) is 2. The third kappa shape index (κ3) is 3.89. The summed E-state index contributed by atoms with van der Waals surface area (Å²) in [6, 6.07) is 12.0. The van der Waals surface area contributed by atoms with Gasteiger partial charge in [-0.2, -0.15) is 0 Å². The smallest absolute Gasteiger partial charge is 0.335 e. The van der Waals surface area contributed by atoms with E-state index in [0.717, 1.165) is 5.56 Å². The van der Waals surface area contributed by atoms with Crippen LogP contribution in [0.2, 0.25) is 0 Å². The molecule has 0 amide bonds. The molecule has 0 fully saturated rings. The van der Waals surface area contributed by atoms with Gasteiger partial charge in [0.2, 0.25) is 0 Å². The van der Waals surface area contributed by atoms with Crippen molar-refractivity contribution in [1.82, 2.24) is 5.32 Å². The van der Waals surface area contributed by atoms with E-state index in [1.165, 1.54) is 23.8 Å². The standard InChI is InChI=1S/C17H18FNO2/c1-11-3-5-13(6-4-11)12(2)19-10-15-9-14(17(20)21)7-8-16(15)18/h3-9,12,19H,10H2,1-2H3,(H,20,21)/t12-/m0/s1. The summed E-state index contributed by atoms with van der Waals surface area (Å²) in [5, 5.41) is 12.1. The molecule has 0 saturated heterocycles. The number of hydrogen-bond acceptors (Lipinski definition) is 2. The molecule has 0 aliphatic carbocycles. The Morgan fingerprint density at radius 2 is 1.90 bits per heavy atom. The van der Waals surface area contributed by atoms with Gasteiger partial charge < -0.3 is 10.4 Å². The maximum atomic E-state index is 13.7. The van der Waals surface area contributed by atoms with E-state index in [4.69, 9.17) is 5.11 Å². The Morgan fingerprint density at radius 1 is 1.24 bits per heavy atom. The average molecular weight is 287 g/mol. The average Bonchev–Trinajstić information content (AvgIpc) is 2.46. The number of rotatable bonds is 5. The maximum Gasteiger partial charge on any atom is 0.335 e. The minimum Gasteiger partial charge on any atom is -0.478 e. The number of halogens is 1. The van der Waals surface area contributed by atoms with Crippen LogP contribution < -0.4 is 5.32 Å². The first-order valence-electron chi connectivity index (χ1n) is 6.79. The Labute approximate surface area is 123 Å². The molecule has 2 rings (SSSR count). The lowest BCUT2D eigenvalue weighted by Crippen LogP contribution is -2.19. The Kier molecular flexibility index (Phi) is 4.70. The van der Waals surface area contributed by atoms with Crippen molar-refractivity contribution in [3.05, 3.63) is 70.5 Å². The normalized spacial score (nSPS) is 12.1. The molecule has 4 heteroatoms. The van der Waals surface area contributed by atoms with Gasteiger partial charge in [-0.1, -0.05) is 29.8 Å². The van der Waals surface area contributed by atoms with E-state index in [2.05, 4.69) is 5.32 Å². The molecule has 110 valence electrons. The van der Waals surface area contributed by atoms with Crippen molar-refractivity contribution >= 4 is 5.97 Å². The quantitative estimate of drug-likeness (QED) is 0.882. The van der Waals surface area contributed by atoms with E-state index in [0.29, 0.717) is 5.56 Å². The Morgan fingerprint density at radius 3 is 2.52 bits per heavy atom. The van der Waals surface area contributed by atoms with Gasteiger partial charge in [-0.25, -0.2) is 9.18 Å². The van der Waals surface area contributed by atoms with E-state index in [1.807, 2.05) is 38.1 Å². The summed E-state index contributed by atoms with van der Waals surface area (Å²) in [4.78, 5) is 10.9. The van der Waals surface area contributed by atoms with Crippen molar-refractivity contribution in [2.24, 2.45) is 0 Å². The molecule has 0 aliphatic rings. The van der Waals surface area contributed by atoms with Crippen molar-refractivity contribution in [1.29, 1.82) is 0 Å². The zero-order chi connectivity index (χ0) is 15.4. The van der Waals surface area contributed by atoms with Gasteiger partial charge >= 0.3 is 5.97 Å². The van der Waals surface area contributed by atoms with E-state index >= 15 is 0 Å². The molecular formula is C17H18FNO2. The van der Waals surface area contributed by atoms with Gasteiger partial charge in [0.15, 0.2) is 0 Å². The van der Waals surface area contributed by atoms with E-state index in [1.54, 1.807) is 0 Å². The number of carboxylic acids is 1. The number of nitrogens with one attached hydrogen (secondary N) is 1. The lowest BCUT2D eigenvalue weighted by Gasteiger charge is -2.15. The zero-order valence-corrected chi connectivity index (χ0v) is 12.1. The van der Waals surface area contributed by atoms with Crippen LogP contribution in [-0.4, -0.2) is 11.1 Å². The van der Waals surface area contributed by atoms with Gasteiger partial charge in [-0.15, -0.1) is 0 Å². The van der Waals surface area contributed by atoms with E-state index < -0.39 is 11.8 Å². The third-order valence-corrected chi connectivity index (χ3v) is 3.47. The first-order chi connectivity index (χ1) is 9.97. The van der Waals surface area contributed by atoms with Crippen LogP contribution in [0.3, 0.4) is 0 Å². The number of aromatic carboxylic acids is 1. The Balaban J connectivity index is 2.07. The molecule has 0 saturated carbocycles. The van der Waals surface area contributed by atoms with Crippen molar-refractivity contribution in [3.8, 4) is 0 Å².